The zero-order chi connectivity index (χ0) is 30.4. The molecule has 36 heavy (non-hydrogen) atoms. The molecule has 1 spiro atoms. The maximum absolute atomic E-state index is 13.5. The molecule has 2 saturated carbocycles. The topological polar surface area (TPSA) is 52.9 Å². The molecule has 5 atom stereocenters. The summed E-state index contributed by atoms with van der Waals surface area (Å²) in [5.41, 5.74) is -2.75. The van der Waals surface area contributed by atoms with E-state index in [0.717, 1.165) is 27.8 Å². The summed E-state index contributed by atoms with van der Waals surface area (Å²) in [7, 11) is 0. The minimum Gasteiger partial charge on any atom is -0.504 e. The van der Waals surface area contributed by atoms with Crippen molar-refractivity contribution in [1.82, 2.24) is 4.90 Å². The summed E-state index contributed by atoms with van der Waals surface area (Å²) < 4.78 is 44.5. The van der Waals surface area contributed by atoms with Crippen LogP contribution in [0.25, 0.3) is 0 Å². The molecule has 1 saturated heterocycles. The molecule has 2 aliphatic heterocycles. The molecule has 4 heteroatoms. The molecular formula is C32H47NO3. The van der Waals surface area contributed by atoms with Crippen molar-refractivity contribution in [2.45, 2.75) is 129 Å². The van der Waals surface area contributed by atoms with Gasteiger partial charge in [-0.25, -0.2) is 0 Å². The maximum Gasteiger partial charge on any atom is 0.166 e. The first-order valence-corrected chi connectivity index (χ1v) is 13.6. The molecule has 0 aromatic heterocycles. The minimum absolute atomic E-state index is 0.108. The molecule has 0 radical (unpaired) electrons. The average Bonchev–Trinajstić information content (AvgIpc) is 3.08. The Bertz CT molecular complexity index is 1400. The first-order valence-electron chi connectivity index (χ1n) is 15.6. The Hall–Kier alpha value is -1.52. The average molecular weight is 498 g/mol. The molecule has 3 fully saturated rings. The van der Waals surface area contributed by atoms with E-state index >= 15 is 0 Å². The third kappa shape index (κ3) is 2.18. The van der Waals surface area contributed by atoms with Crippen LogP contribution in [0.5, 0.6) is 11.5 Å². The predicted molar refractivity (Wildman–Crippen MR) is 145 cm³/mol. The number of hydrogen-bond donors (Lipinski definition) is 2. The Morgan fingerprint density at radius 2 is 1.64 bits per heavy atom. The van der Waals surface area contributed by atoms with Crippen LogP contribution in [0, 0.1) is 30.1 Å². The van der Waals surface area contributed by atoms with Crippen molar-refractivity contribution >= 4 is 0 Å². The third-order valence-corrected chi connectivity index (χ3v) is 12.1. The lowest BCUT2D eigenvalue weighted by Gasteiger charge is -2.77. The summed E-state index contributed by atoms with van der Waals surface area (Å²) >= 11 is 0. The highest BCUT2D eigenvalue weighted by atomic mass is 16.5. The molecule has 198 valence electrons. The molecule has 2 bridgehead atoms. The predicted octanol–water partition coefficient (Wildman–Crippen LogP) is 6.31. The van der Waals surface area contributed by atoms with Gasteiger partial charge < -0.3 is 14.9 Å². The van der Waals surface area contributed by atoms with Gasteiger partial charge in [0.1, 0.15) is 6.10 Å². The Morgan fingerprint density at radius 1 is 1.06 bits per heavy atom. The van der Waals surface area contributed by atoms with E-state index in [1.807, 2.05) is 32.6 Å². The third-order valence-electron chi connectivity index (χ3n) is 12.1. The van der Waals surface area contributed by atoms with Crippen molar-refractivity contribution < 1.29 is 20.4 Å². The highest BCUT2D eigenvalue weighted by Crippen LogP contribution is 2.78. The fourth-order valence-electron chi connectivity index (χ4n) is 9.22. The van der Waals surface area contributed by atoms with E-state index in [2.05, 4.69) is 48.1 Å². The summed E-state index contributed by atoms with van der Waals surface area (Å²) in [4.78, 5) is 1.89. The van der Waals surface area contributed by atoms with Crippen molar-refractivity contribution in [3.05, 3.63) is 34.4 Å². The van der Waals surface area contributed by atoms with E-state index in [9.17, 15) is 13.0 Å². The monoisotopic (exact) mass is 497 g/mol. The molecular weight excluding hydrogens is 446 g/mol. The number of aliphatic hydroxyl groups is 1. The van der Waals surface area contributed by atoms with E-state index in [1.165, 1.54) is 0 Å². The summed E-state index contributed by atoms with van der Waals surface area (Å²) in [6.45, 7) is 24.1. The number of likely N-dealkylation sites (tertiary alicyclic amines) is 1. The largest absolute Gasteiger partial charge is 0.504 e. The lowest BCUT2D eigenvalue weighted by molar-refractivity contribution is -0.282. The molecule has 3 aliphatic carbocycles. The molecule has 2 N–H and O–H groups in total. The first kappa shape index (κ1) is 20.4. The fraction of sp³-hybridized carbons (Fsp3) is 0.750. The van der Waals surface area contributed by atoms with E-state index < -0.39 is 63.2 Å². The number of piperidine rings is 1. The summed E-state index contributed by atoms with van der Waals surface area (Å²) in [6.07, 6.45) is -1.42. The van der Waals surface area contributed by atoms with Crippen LogP contribution < -0.4 is 4.74 Å². The number of ether oxygens (including phenoxy) is 1. The molecule has 6 rings (SSSR count). The molecule has 1 aromatic rings. The number of hydrogen-bond acceptors (Lipinski definition) is 4. The van der Waals surface area contributed by atoms with Gasteiger partial charge in [-0.2, -0.15) is 0 Å². The van der Waals surface area contributed by atoms with Crippen molar-refractivity contribution in [3.63, 3.8) is 0 Å². The number of phenols is 1. The lowest BCUT2D eigenvalue weighted by Crippen LogP contribution is -2.88. The fourth-order valence-corrected chi connectivity index (χ4v) is 9.22. The summed E-state index contributed by atoms with van der Waals surface area (Å²) in [6, 6.07) is -0.706. The van der Waals surface area contributed by atoms with Gasteiger partial charge in [0.2, 0.25) is 0 Å². The molecule has 2 heterocycles. The SMILES string of the molecule is [2H]C([2H])(N1[C@@H]2C(C)(C)c3c(C)c(C)c(O)c4c3[C@]3([C@@H](O4)C(=C)CC[C@@]23O)C(C)(C)C1(C)C)C1(C)C([2H])([2H])C1(C)C. The van der Waals surface area contributed by atoms with Crippen molar-refractivity contribution in [3.8, 4) is 11.5 Å². The van der Waals surface area contributed by atoms with Crippen LogP contribution in [0.1, 0.15) is 109 Å². The quantitative estimate of drug-likeness (QED) is 0.471. The Balaban J connectivity index is 1.80. The minimum atomic E-state index is -2.12. The van der Waals surface area contributed by atoms with E-state index in [4.69, 9.17) is 7.48 Å². The summed E-state index contributed by atoms with van der Waals surface area (Å²) in [5.74, 6) is 0.541. The van der Waals surface area contributed by atoms with Gasteiger partial charge in [0, 0.05) is 34.5 Å². The number of phenolic OH excluding ortho intramolecular Hbond substituents is 1. The van der Waals surface area contributed by atoms with Gasteiger partial charge in [0.25, 0.3) is 0 Å². The Labute approximate surface area is 223 Å². The van der Waals surface area contributed by atoms with Gasteiger partial charge in [0.05, 0.1) is 11.0 Å². The van der Waals surface area contributed by atoms with Crippen LogP contribution in [-0.2, 0) is 10.8 Å². The number of benzene rings is 1. The van der Waals surface area contributed by atoms with Gasteiger partial charge in [0.15, 0.2) is 11.5 Å². The maximum atomic E-state index is 13.5. The molecule has 1 unspecified atom stereocenters. The summed E-state index contributed by atoms with van der Waals surface area (Å²) in [5, 5.41) is 24.9. The second-order valence-corrected chi connectivity index (χ2v) is 14.7. The lowest BCUT2D eigenvalue weighted by atomic mass is 9.34. The Morgan fingerprint density at radius 3 is 2.19 bits per heavy atom. The zero-order valence-electron chi connectivity index (χ0n) is 28.0. The number of nitrogens with zero attached hydrogens (tertiary/aromatic N) is 1. The van der Waals surface area contributed by atoms with Gasteiger partial charge >= 0.3 is 0 Å². The number of rotatable bonds is 2. The van der Waals surface area contributed by atoms with Crippen LogP contribution in [0.2, 0.25) is 0 Å². The zero-order valence-corrected chi connectivity index (χ0v) is 24.0. The van der Waals surface area contributed by atoms with Gasteiger partial charge in [-0.15, -0.1) is 0 Å². The van der Waals surface area contributed by atoms with Gasteiger partial charge in [-0.3, -0.25) is 4.90 Å². The highest BCUT2D eigenvalue weighted by Gasteiger charge is 2.84. The Kier molecular flexibility index (Phi) is 3.52. The van der Waals surface area contributed by atoms with Crippen molar-refractivity contribution in [1.29, 1.82) is 0 Å². The van der Waals surface area contributed by atoms with Gasteiger partial charge in [-0.05, 0) is 85.4 Å². The second kappa shape index (κ2) is 6.20. The molecule has 0 amide bonds. The van der Waals surface area contributed by atoms with Crippen LogP contribution in [0.4, 0.5) is 0 Å². The van der Waals surface area contributed by atoms with E-state index in [-0.39, 0.29) is 5.75 Å². The highest BCUT2D eigenvalue weighted by molar-refractivity contribution is 5.72. The van der Waals surface area contributed by atoms with Crippen LogP contribution >= 0.6 is 0 Å². The van der Waals surface area contributed by atoms with Gasteiger partial charge in [-0.1, -0.05) is 55.0 Å². The number of aromatic hydroxyl groups is 1. The smallest absolute Gasteiger partial charge is 0.166 e. The molecule has 5 aliphatic rings. The molecule has 1 aromatic carbocycles. The molecule has 4 nitrogen and oxygen atoms in total. The first-order chi connectivity index (χ1) is 17.8. The van der Waals surface area contributed by atoms with Crippen LogP contribution in [0.15, 0.2) is 12.2 Å². The van der Waals surface area contributed by atoms with Crippen molar-refractivity contribution in [2.75, 3.05) is 6.50 Å². The standard InChI is InChI=1S/C32H47NO3/c1-17-13-14-31(35)25-27(6,7)20-18(2)19(3)22(34)23-21(20)32(31,24(17)36-23)28(8,9)29(10,11)33(25)16-30(12)15-26(30,4)5/h24-25,34-35H,1,13-16H2,2-12H3/t24-,25+,30?,31+,32-/m0/s1/i15D2,16D2. The normalized spacial score (nSPS) is 45.5. The van der Waals surface area contributed by atoms with E-state index in [0.29, 0.717) is 18.6 Å². The van der Waals surface area contributed by atoms with Crippen LogP contribution in [-0.4, -0.2) is 44.9 Å². The second-order valence-electron chi connectivity index (χ2n) is 14.7. The van der Waals surface area contributed by atoms with E-state index in [1.54, 1.807) is 6.92 Å². The van der Waals surface area contributed by atoms with Crippen LogP contribution in [0.3, 0.4) is 0 Å². The van der Waals surface area contributed by atoms with Crippen molar-refractivity contribution in [2.24, 2.45) is 16.2 Å².